The summed E-state index contributed by atoms with van der Waals surface area (Å²) in [5, 5.41) is 1.14. The molecule has 1 aromatic rings. The van der Waals surface area contributed by atoms with Crippen molar-refractivity contribution in [1.29, 1.82) is 0 Å². The first-order valence-corrected chi connectivity index (χ1v) is 10.8. The standard InChI is InChI=1S/C21H24Cl3NO/c1-20(2)18(14-4-3-5-15(22)16(14)23)25(19(20)26)17-12-6-11-7-13(17)10-21(24,8-11)9-12/h3-5,11-13,17-18H,6-10H2,1-2H3. The van der Waals surface area contributed by atoms with Crippen molar-refractivity contribution in [2.24, 2.45) is 23.2 Å². The van der Waals surface area contributed by atoms with Crippen molar-refractivity contribution >= 4 is 40.7 Å². The number of carbonyl (C=O) groups is 1. The molecule has 26 heavy (non-hydrogen) atoms. The zero-order chi connectivity index (χ0) is 18.4. The smallest absolute Gasteiger partial charge is 0.231 e. The SMILES string of the molecule is CC1(C)C(=O)N(C2C3CC4CC2CC(Cl)(C4)C3)C1c1cccc(Cl)c1Cl. The summed E-state index contributed by atoms with van der Waals surface area (Å²) in [6, 6.07) is 6.07. The average Bonchev–Trinajstić information content (AvgIpc) is 2.55. The average molecular weight is 413 g/mol. The van der Waals surface area contributed by atoms with Gasteiger partial charge in [0, 0.05) is 10.9 Å². The van der Waals surface area contributed by atoms with Gasteiger partial charge in [0.25, 0.3) is 0 Å². The molecule has 0 radical (unpaired) electrons. The third kappa shape index (κ3) is 2.28. The van der Waals surface area contributed by atoms with Crippen molar-refractivity contribution in [3.8, 4) is 0 Å². The van der Waals surface area contributed by atoms with Crippen LogP contribution in [0, 0.1) is 23.2 Å². The Labute approximate surface area is 170 Å². The fourth-order valence-electron chi connectivity index (χ4n) is 6.78. The van der Waals surface area contributed by atoms with E-state index in [-0.39, 0.29) is 16.8 Å². The minimum atomic E-state index is -0.443. The topological polar surface area (TPSA) is 20.3 Å². The Hall–Kier alpha value is -0.440. The Balaban J connectivity index is 1.54. The number of halogens is 3. The highest BCUT2D eigenvalue weighted by Gasteiger charge is 2.64. The van der Waals surface area contributed by atoms with Crippen molar-refractivity contribution in [2.45, 2.75) is 62.9 Å². The Morgan fingerprint density at radius 2 is 1.73 bits per heavy atom. The number of β-lactam (4-membered cyclic amide) rings is 1. The lowest BCUT2D eigenvalue weighted by atomic mass is 9.52. The molecule has 0 N–H and O–H groups in total. The number of alkyl halides is 1. The first-order chi connectivity index (χ1) is 12.2. The molecular formula is C21H24Cl3NO. The van der Waals surface area contributed by atoms with Crippen LogP contribution in [0.25, 0.3) is 0 Å². The second-order valence-corrected chi connectivity index (χ2v) is 11.2. The molecule has 140 valence electrons. The zero-order valence-electron chi connectivity index (χ0n) is 15.1. The minimum absolute atomic E-state index is 0.00463. The van der Waals surface area contributed by atoms with Crippen molar-refractivity contribution in [3.63, 3.8) is 0 Å². The number of likely N-dealkylation sites (tertiary alicyclic amines) is 1. The second-order valence-electron chi connectivity index (χ2n) is 9.59. The minimum Gasteiger partial charge on any atom is -0.330 e. The summed E-state index contributed by atoms with van der Waals surface area (Å²) in [4.78, 5) is 15.3. The van der Waals surface area contributed by atoms with E-state index < -0.39 is 5.41 Å². The van der Waals surface area contributed by atoms with Gasteiger partial charge >= 0.3 is 0 Å². The van der Waals surface area contributed by atoms with Gasteiger partial charge in [-0.25, -0.2) is 0 Å². The van der Waals surface area contributed by atoms with E-state index in [1.807, 2.05) is 32.0 Å². The number of hydrogen-bond donors (Lipinski definition) is 0. The van der Waals surface area contributed by atoms with Crippen LogP contribution in [0.4, 0.5) is 0 Å². The maximum absolute atomic E-state index is 13.2. The Bertz CT molecular complexity index is 775. The number of benzene rings is 1. The largest absolute Gasteiger partial charge is 0.330 e. The lowest BCUT2D eigenvalue weighted by Crippen LogP contribution is -2.70. The lowest BCUT2D eigenvalue weighted by molar-refractivity contribution is -0.190. The number of hydrogen-bond acceptors (Lipinski definition) is 1. The molecule has 0 aromatic heterocycles. The molecule has 5 aliphatic rings. The molecular weight excluding hydrogens is 389 g/mol. The predicted octanol–water partition coefficient (Wildman–Crippen LogP) is 6.09. The normalized spacial score (nSPS) is 42.9. The van der Waals surface area contributed by atoms with E-state index in [4.69, 9.17) is 34.8 Å². The van der Waals surface area contributed by atoms with Crippen molar-refractivity contribution in [3.05, 3.63) is 33.8 Å². The molecule has 1 saturated heterocycles. The molecule has 0 spiro atoms. The lowest BCUT2D eigenvalue weighted by Gasteiger charge is -2.66. The zero-order valence-corrected chi connectivity index (χ0v) is 17.4. The molecule has 1 amide bonds. The van der Waals surface area contributed by atoms with Gasteiger partial charge in [-0.2, -0.15) is 0 Å². The van der Waals surface area contributed by atoms with E-state index in [2.05, 4.69) is 4.90 Å². The fraction of sp³-hybridized carbons (Fsp3) is 0.667. The van der Waals surface area contributed by atoms with Gasteiger partial charge in [0.05, 0.1) is 21.5 Å². The second kappa shape index (κ2) is 5.55. The van der Waals surface area contributed by atoms with Gasteiger partial charge in [0.15, 0.2) is 0 Å². The van der Waals surface area contributed by atoms with Gasteiger partial charge in [-0.15, -0.1) is 11.6 Å². The van der Waals surface area contributed by atoms with Crippen LogP contribution < -0.4 is 0 Å². The van der Waals surface area contributed by atoms with Gasteiger partial charge in [-0.3, -0.25) is 4.79 Å². The highest BCUT2D eigenvalue weighted by molar-refractivity contribution is 6.42. The third-order valence-corrected chi connectivity index (χ3v) is 8.79. The fourth-order valence-corrected chi connectivity index (χ4v) is 7.80. The summed E-state index contributed by atoms with van der Waals surface area (Å²) in [7, 11) is 0. The van der Waals surface area contributed by atoms with Crippen molar-refractivity contribution < 1.29 is 4.79 Å². The maximum Gasteiger partial charge on any atom is 0.231 e. The molecule has 4 saturated carbocycles. The molecule has 1 aliphatic heterocycles. The Morgan fingerprint density at radius 3 is 2.35 bits per heavy atom. The number of amides is 1. The molecule has 1 heterocycles. The summed E-state index contributed by atoms with van der Waals surface area (Å²) >= 11 is 19.8. The third-order valence-electron chi connectivity index (χ3n) is 7.49. The van der Waals surface area contributed by atoms with E-state index in [1.165, 1.54) is 12.8 Å². The maximum atomic E-state index is 13.2. The molecule has 3 atom stereocenters. The van der Waals surface area contributed by atoms with Crippen LogP contribution in [0.1, 0.15) is 57.6 Å². The summed E-state index contributed by atoms with van der Waals surface area (Å²) < 4.78 is 0. The number of nitrogens with zero attached hydrogens (tertiary/aromatic N) is 1. The van der Waals surface area contributed by atoms with Crippen LogP contribution in [-0.4, -0.2) is 21.7 Å². The number of rotatable bonds is 2. The molecule has 4 bridgehead atoms. The van der Waals surface area contributed by atoms with Crippen LogP contribution in [0.3, 0.4) is 0 Å². The molecule has 6 rings (SSSR count). The van der Waals surface area contributed by atoms with Crippen molar-refractivity contribution in [1.82, 2.24) is 4.90 Å². The van der Waals surface area contributed by atoms with E-state index in [9.17, 15) is 4.79 Å². The van der Waals surface area contributed by atoms with Crippen LogP contribution >= 0.6 is 34.8 Å². The first-order valence-electron chi connectivity index (χ1n) is 9.67. The summed E-state index contributed by atoms with van der Waals surface area (Å²) in [6.45, 7) is 4.07. The van der Waals surface area contributed by atoms with Gasteiger partial charge in [-0.05, 0) is 75.3 Å². The van der Waals surface area contributed by atoms with Crippen LogP contribution in [0.15, 0.2) is 18.2 Å². The summed E-state index contributed by atoms with van der Waals surface area (Å²) in [5.74, 6) is 2.05. The highest BCUT2D eigenvalue weighted by Crippen LogP contribution is 2.63. The summed E-state index contributed by atoms with van der Waals surface area (Å²) in [5.41, 5.74) is 0.542. The molecule has 2 nitrogen and oxygen atoms in total. The van der Waals surface area contributed by atoms with Crippen molar-refractivity contribution in [2.75, 3.05) is 0 Å². The highest BCUT2D eigenvalue weighted by atomic mass is 35.5. The summed E-state index contributed by atoms with van der Waals surface area (Å²) in [6.07, 6.45) is 5.70. The van der Waals surface area contributed by atoms with E-state index in [0.29, 0.717) is 27.9 Å². The van der Waals surface area contributed by atoms with Gasteiger partial charge in [0.1, 0.15) is 0 Å². The molecule has 4 aliphatic carbocycles. The van der Waals surface area contributed by atoms with Gasteiger partial charge < -0.3 is 4.90 Å². The van der Waals surface area contributed by atoms with Gasteiger partial charge in [0.2, 0.25) is 5.91 Å². The first kappa shape index (κ1) is 17.6. The van der Waals surface area contributed by atoms with Crippen LogP contribution in [0.2, 0.25) is 10.0 Å². The quantitative estimate of drug-likeness (QED) is 0.425. The van der Waals surface area contributed by atoms with Gasteiger partial charge in [-0.1, -0.05) is 35.3 Å². The molecule has 5 heteroatoms. The Kier molecular flexibility index (Phi) is 3.77. The molecule has 5 fully saturated rings. The van der Waals surface area contributed by atoms with E-state index >= 15 is 0 Å². The molecule has 3 unspecified atom stereocenters. The van der Waals surface area contributed by atoms with Crippen LogP contribution in [-0.2, 0) is 4.79 Å². The predicted molar refractivity (Wildman–Crippen MR) is 106 cm³/mol. The van der Waals surface area contributed by atoms with E-state index in [0.717, 1.165) is 30.7 Å². The molecule has 1 aromatic carbocycles. The number of carbonyl (C=O) groups excluding carboxylic acids is 1. The van der Waals surface area contributed by atoms with Crippen LogP contribution in [0.5, 0.6) is 0 Å². The Morgan fingerprint density at radius 1 is 1.08 bits per heavy atom. The van der Waals surface area contributed by atoms with E-state index in [1.54, 1.807) is 0 Å². The monoisotopic (exact) mass is 411 g/mol.